The first-order valence-corrected chi connectivity index (χ1v) is 7.51. The second-order valence-electron chi connectivity index (χ2n) is 4.63. The number of esters is 1. The highest BCUT2D eigenvalue weighted by molar-refractivity contribution is 7.13. The first kappa shape index (κ1) is 14.7. The molecular weight excluding hydrogens is 272 g/mol. The molecule has 0 saturated heterocycles. The van der Waals surface area contributed by atoms with Gasteiger partial charge in [-0.25, -0.2) is 4.98 Å². The van der Waals surface area contributed by atoms with Gasteiger partial charge < -0.3 is 4.74 Å². The fourth-order valence-electron chi connectivity index (χ4n) is 1.93. The summed E-state index contributed by atoms with van der Waals surface area (Å²) in [5.41, 5.74) is 4.10. The van der Waals surface area contributed by atoms with Crippen LogP contribution in [0.5, 0.6) is 0 Å². The van der Waals surface area contributed by atoms with Crippen molar-refractivity contribution in [3.63, 3.8) is 0 Å². The van der Waals surface area contributed by atoms with Crippen LogP contribution in [0.2, 0.25) is 0 Å². The van der Waals surface area contributed by atoms with E-state index in [0.717, 1.165) is 27.5 Å². The third-order valence-electron chi connectivity index (χ3n) is 2.86. The van der Waals surface area contributed by atoms with Crippen LogP contribution >= 0.6 is 11.3 Å². The lowest BCUT2D eigenvalue weighted by Gasteiger charge is -2.02. The normalized spacial score (nSPS) is 10.6. The summed E-state index contributed by atoms with van der Waals surface area (Å²) in [6, 6.07) is 2.10. The van der Waals surface area contributed by atoms with E-state index in [1.54, 1.807) is 11.3 Å². The Bertz CT molecular complexity index is 608. The minimum atomic E-state index is -0.174. The van der Waals surface area contributed by atoms with Crippen LogP contribution in [0.4, 0.5) is 0 Å². The van der Waals surface area contributed by atoms with Crippen molar-refractivity contribution >= 4 is 17.3 Å². The molecule has 2 rings (SSSR count). The topological polar surface area (TPSA) is 52.1 Å². The van der Waals surface area contributed by atoms with E-state index < -0.39 is 0 Å². The van der Waals surface area contributed by atoms with Crippen LogP contribution in [0.3, 0.4) is 0 Å². The Morgan fingerprint density at radius 3 is 2.90 bits per heavy atom. The molecule has 0 aliphatic rings. The minimum absolute atomic E-state index is 0.174. The van der Waals surface area contributed by atoms with Crippen LogP contribution in [0, 0.1) is 13.8 Å². The summed E-state index contributed by atoms with van der Waals surface area (Å²) >= 11 is 1.56. The molecule has 106 valence electrons. The monoisotopic (exact) mass is 290 g/mol. The SMILES string of the molecule is CCOC(=O)CCc1csc(-c2ncc(C)cc2C)n1. The molecule has 4 nitrogen and oxygen atoms in total. The Hall–Kier alpha value is -1.75. The van der Waals surface area contributed by atoms with Crippen LogP contribution in [0.25, 0.3) is 10.7 Å². The molecule has 0 amide bonds. The Morgan fingerprint density at radius 2 is 2.20 bits per heavy atom. The fourth-order valence-corrected chi connectivity index (χ4v) is 2.85. The number of ether oxygens (including phenoxy) is 1. The third kappa shape index (κ3) is 3.63. The van der Waals surface area contributed by atoms with Crippen molar-refractivity contribution < 1.29 is 9.53 Å². The molecule has 2 aromatic heterocycles. The van der Waals surface area contributed by atoms with E-state index in [4.69, 9.17) is 4.74 Å². The standard InChI is InChI=1S/C15H18N2O2S/c1-4-19-13(18)6-5-12-9-20-15(17-12)14-11(3)7-10(2)8-16-14/h7-9H,4-6H2,1-3H3. The molecule has 0 radical (unpaired) electrons. The van der Waals surface area contributed by atoms with Gasteiger partial charge in [-0.15, -0.1) is 11.3 Å². The molecule has 2 aromatic rings. The molecule has 0 aliphatic heterocycles. The van der Waals surface area contributed by atoms with Gasteiger partial charge in [0.2, 0.25) is 0 Å². The summed E-state index contributed by atoms with van der Waals surface area (Å²) in [7, 11) is 0. The van der Waals surface area contributed by atoms with Crippen LogP contribution in [0.1, 0.15) is 30.2 Å². The Morgan fingerprint density at radius 1 is 1.40 bits per heavy atom. The smallest absolute Gasteiger partial charge is 0.306 e. The molecule has 2 heterocycles. The molecule has 0 aromatic carbocycles. The number of thiazole rings is 1. The molecule has 0 N–H and O–H groups in total. The van der Waals surface area contributed by atoms with Crippen molar-refractivity contribution in [1.29, 1.82) is 0 Å². The largest absolute Gasteiger partial charge is 0.466 e. The zero-order valence-electron chi connectivity index (χ0n) is 12.0. The first-order chi connectivity index (χ1) is 9.60. The quantitative estimate of drug-likeness (QED) is 0.793. The van der Waals surface area contributed by atoms with Crippen molar-refractivity contribution in [3.8, 4) is 10.7 Å². The van der Waals surface area contributed by atoms with Gasteiger partial charge in [-0.3, -0.25) is 9.78 Å². The lowest BCUT2D eigenvalue weighted by molar-refractivity contribution is -0.143. The van der Waals surface area contributed by atoms with Crippen LogP contribution in [0.15, 0.2) is 17.6 Å². The van der Waals surface area contributed by atoms with E-state index in [9.17, 15) is 4.79 Å². The molecule has 0 saturated carbocycles. The molecule has 5 heteroatoms. The highest BCUT2D eigenvalue weighted by Crippen LogP contribution is 2.25. The number of aryl methyl sites for hydroxylation is 3. The molecule has 0 bridgehead atoms. The predicted molar refractivity (Wildman–Crippen MR) is 79.8 cm³/mol. The molecule has 0 atom stereocenters. The van der Waals surface area contributed by atoms with E-state index in [-0.39, 0.29) is 5.97 Å². The number of aromatic nitrogens is 2. The number of carbonyl (C=O) groups excluding carboxylic acids is 1. The van der Waals surface area contributed by atoms with E-state index >= 15 is 0 Å². The highest BCUT2D eigenvalue weighted by Gasteiger charge is 2.10. The van der Waals surface area contributed by atoms with Crippen molar-refractivity contribution in [2.24, 2.45) is 0 Å². The van der Waals surface area contributed by atoms with E-state index in [0.29, 0.717) is 19.4 Å². The van der Waals surface area contributed by atoms with Crippen molar-refractivity contribution in [2.45, 2.75) is 33.6 Å². The molecular formula is C15H18N2O2S. The molecule has 20 heavy (non-hydrogen) atoms. The van der Waals surface area contributed by atoms with Crippen molar-refractivity contribution in [3.05, 3.63) is 34.5 Å². The highest BCUT2D eigenvalue weighted by atomic mass is 32.1. The number of nitrogens with zero attached hydrogens (tertiary/aromatic N) is 2. The van der Waals surface area contributed by atoms with Gasteiger partial charge >= 0.3 is 5.97 Å². The summed E-state index contributed by atoms with van der Waals surface area (Å²) in [5.74, 6) is -0.174. The maximum absolute atomic E-state index is 11.3. The average molecular weight is 290 g/mol. The van der Waals surface area contributed by atoms with Gasteiger partial charge in [0.15, 0.2) is 0 Å². The summed E-state index contributed by atoms with van der Waals surface area (Å²) < 4.78 is 4.91. The Balaban J connectivity index is 2.07. The number of pyridine rings is 1. The molecule has 0 unspecified atom stereocenters. The maximum Gasteiger partial charge on any atom is 0.306 e. The maximum atomic E-state index is 11.3. The zero-order chi connectivity index (χ0) is 14.5. The Kier molecular flexibility index (Phi) is 4.84. The Labute approximate surface area is 122 Å². The number of hydrogen-bond acceptors (Lipinski definition) is 5. The second-order valence-corrected chi connectivity index (χ2v) is 5.49. The number of rotatable bonds is 5. The fraction of sp³-hybridized carbons (Fsp3) is 0.400. The van der Waals surface area contributed by atoms with Crippen LogP contribution in [-0.4, -0.2) is 22.5 Å². The third-order valence-corrected chi connectivity index (χ3v) is 3.76. The van der Waals surface area contributed by atoms with Gasteiger partial charge in [0, 0.05) is 18.0 Å². The summed E-state index contributed by atoms with van der Waals surface area (Å²) in [6.45, 7) is 6.30. The van der Waals surface area contributed by atoms with Gasteiger partial charge in [-0.05, 0) is 31.9 Å². The average Bonchev–Trinajstić information content (AvgIpc) is 2.85. The van der Waals surface area contributed by atoms with Crippen molar-refractivity contribution in [2.75, 3.05) is 6.61 Å². The van der Waals surface area contributed by atoms with Gasteiger partial charge in [0.25, 0.3) is 0 Å². The summed E-state index contributed by atoms with van der Waals surface area (Å²) in [6.07, 6.45) is 2.83. The van der Waals surface area contributed by atoms with E-state index in [1.807, 2.05) is 32.3 Å². The first-order valence-electron chi connectivity index (χ1n) is 6.63. The molecule has 0 fully saturated rings. The zero-order valence-corrected chi connectivity index (χ0v) is 12.8. The lowest BCUT2D eigenvalue weighted by atomic mass is 10.2. The van der Waals surface area contributed by atoms with Gasteiger partial charge in [-0.1, -0.05) is 6.07 Å². The second kappa shape index (κ2) is 6.61. The van der Waals surface area contributed by atoms with Gasteiger partial charge in [0.05, 0.1) is 18.7 Å². The molecule has 0 spiro atoms. The molecule has 0 aliphatic carbocycles. The van der Waals surface area contributed by atoms with Crippen molar-refractivity contribution in [1.82, 2.24) is 9.97 Å². The minimum Gasteiger partial charge on any atom is -0.466 e. The van der Waals surface area contributed by atoms with E-state index in [1.165, 1.54) is 0 Å². The predicted octanol–water partition coefficient (Wildman–Crippen LogP) is 3.32. The number of hydrogen-bond donors (Lipinski definition) is 0. The van der Waals surface area contributed by atoms with Crippen LogP contribution in [-0.2, 0) is 16.0 Å². The van der Waals surface area contributed by atoms with Gasteiger partial charge in [0.1, 0.15) is 10.7 Å². The van der Waals surface area contributed by atoms with Gasteiger partial charge in [-0.2, -0.15) is 0 Å². The summed E-state index contributed by atoms with van der Waals surface area (Å²) in [5, 5.41) is 2.89. The van der Waals surface area contributed by atoms with Crippen LogP contribution < -0.4 is 0 Å². The van der Waals surface area contributed by atoms with E-state index in [2.05, 4.69) is 16.0 Å². The summed E-state index contributed by atoms with van der Waals surface area (Å²) in [4.78, 5) is 20.3. The lowest BCUT2D eigenvalue weighted by Crippen LogP contribution is -2.05. The number of carbonyl (C=O) groups is 1.